The van der Waals surface area contributed by atoms with Crippen molar-refractivity contribution >= 4 is 35.0 Å². The van der Waals surface area contributed by atoms with Crippen LogP contribution in [0.2, 0.25) is 10.0 Å². The van der Waals surface area contributed by atoms with Gasteiger partial charge in [-0.05, 0) is 54.1 Å². The molecule has 0 aliphatic rings. The molecule has 0 saturated carbocycles. The van der Waals surface area contributed by atoms with Gasteiger partial charge in [0, 0.05) is 10.6 Å². The number of nitrogens with one attached hydrogen (secondary N) is 2. The van der Waals surface area contributed by atoms with Crippen molar-refractivity contribution in [1.82, 2.24) is 10.9 Å². The van der Waals surface area contributed by atoms with Gasteiger partial charge in [0.25, 0.3) is 11.8 Å². The Hall–Kier alpha value is -3.02. The van der Waals surface area contributed by atoms with Crippen LogP contribution in [0, 0.1) is 0 Å². The third-order valence-electron chi connectivity index (χ3n) is 3.84. The average molecular weight is 415 g/mol. The molecule has 0 saturated heterocycles. The lowest BCUT2D eigenvalue weighted by Crippen LogP contribution is -2.41. The third-order valence-corrected chi connectivity index (χ3v) is 4.42. The molecular formula is C21H16Cl2N2O3. The summed E-state index contributed by atoms with van der Waals surface area (Å²) in [7, 11) is 0. The van der Waals surface area contributed by atoms with Crippen LogP contribution in [0.3, 0.4) is 0 Å². The minimum atomic E-state index is -0.494. The van der Waals surface area contributed by atoms with Gasteiger partial charge < -0.3 is 4.74 Å². The molecule has 0 aliphatic heterocycles. The average Bonchev–Trinajstić information content (AvgIpc) is 2.72. The smallest absolute Gasteiger partial charge is 0.271 e. The van der Waals surface area contributed by atoms with E-state index in [2.05, 4.69) is 10.9 Å². The van der Waals surface area contributed by atoms with Crippen LogP contribution in [0.4, 0.5) is 0 Å². The van der Waals surface area contributed by atoms with E-state index in [-0.39, 0.29) is 5.56 Å². The fourth-order valence-corrected chi connectivity index (χ4v) is 2.70. The van der Waals surface area contributed by atoms with Crippen molar-refractivity contribution in [1.29, 1.82) is 0 Å². The topological polar surface area (TPSA) is 67.4 Å². The van der Waals surface area contributed by atoms with Crippen LogP contribution in [0.15, 0.2) is 72.8 Å². The molecule has 2 amide bonds. The molecule has 28 heavy (non-hydrogen) atoms. The van der Waals surface area contributed by atoms with E-state index in [1.807, 2.05) is 0 Å². The van der Waals surface area contributed by atoms with Crippen LogP contribution in [-0.2, 0) is 6.61 Å². The van der Waals surface area contributed by atoms with Gasteiger partial charge in [0.05, 0.1) is 10.6 Å². The summed E-state index contributed by atoms with van der Waals surface area (Å²) in [6, 6.07) is 20.5. The zero-order valence-electron chi connectivity index (χ0n) is 14.6. The summed E-state index contributed by atoms with van der Waals surface area (Å²) in [6.45, 7) is 0.354. The summed E-state index contributed by atoms with van der Waals surface area (Å²) in [4.78, 5) is 24.2. The van der Waals surface area contributed by atoms with Crippen LogP contribution >= 0.6 is 23.2 Å². The summed E-state index contributed by atoms with van der Waals surface area (Å²) in [6.07, 6.45) is 0. The van der Waals surface area contributed by atoms with E-state index < -0.39 is 11.8 Å². The number of ether oxygens (including phenoxy) is 1. The second-order valence-electron chi connectivity index (χ2n) is 5.83. The minimum absolute atomic E-state index is 0.277. The fraction of sp³-hybridized carbons (Fsp3) is 0.0476. The quantitative estimate of drug-likeness (QED) is 0.597. The second kappa shape index (κ2) is 9.26. The molecule has 3 aromatic carbocycles. The molecule has 0 aromatic heterocycles. The number of halogens is 2. The lowest BCUT2D eigenvalue weighted by molar-refractivity contribution is 0.0846. The Bertz CT molecular complexity index is 974. The van der Waals surface area contributed by atoms with Crippen LogP contribution < -0.4 is 15.6 Å². The summed E-state index contributed by atoms with van der Waals surface area (Å²) in [5.41, 5.74) is 6.28. The van der Waals surface area contributed by atoms with E-state index in [9.17, 15) is 9.59 Å². The first-order chi connectivity index (χ1) is 13.5. The number of carbonyl (C=O) groups excluding carboxylic acids is 2. The Morgan fingerprint density at radius 2 is 1.43 bits per heavy atom. The largest absolute Gasteiger partial charge is 0.489 e. The molecule has 2 N–H and O–H groups in total. The van der Waals surface area contributed by atoms with Crippen molar-refractivity contribution in [2.45, 2.75) is 6.61 Å². The SMILES string of the molecule is O=C(NNC(=O)c1ccccc1Cl)c1ccc(COc2ccc(Cl)cc2)cc1. The molecule has 5 nitrogen and oxygen atoms in total. The van der Waals surface area contributed by atoms with Crippen molar-refractivity contribution in [3.63, 3.8) is 0 Å². The van der Waals surface area contributed by atoms with Gasteiger partial charge in [-0.2, -0.15) is 0 Å². The second-order valence-corrected chi connectivity index (χ2v) is 6.67. The molecule has 0 aliphatic carbocycles. The zero-order chi connectivity index (χ0) is 19.9. The number of hydrogen-bond acceptors (Lipinski definition) is 3. The standard InChI is InChI=1S/C21H16Cl2N2O3/c22-16-9-11-17(12-10-16)28-13-14-5-7-15(8-6-14)20(26)24-25-21(27)18-3-1-2-4-19(18)23/h1-12H,13H2,(H,24,26)(H,25,27). The van der Waals surface area contributed by atoms with Crippen LogP contribution in [0.25, 0.3) is 0 Å². The molecule has 7 heteroatoms. The molecule has 3 aromatic rings. The number of carbonyl (C=O) groups is 2. The minimum Gasteiger partial charge on any atom is -0.489 e. The van der Waals surface area contributed by atoms with Crippen LogP contribution in [0.1, 0.15) is 26.3 Å². The highest BCUT2D eigenvalue weighted by molar-refractivity contribution is 6.33. The van der Waals surface area contributed by atoms with Gasteiger partial charge in [-0.25, -0.2) is 0 Å². The van der Waals surface area contributed by atoms with Gasteiger partial charge in [-0.3, -0.25) is 20.4 Å². The summed E-state index contributed by atoms with van der Waals surface area (Å²) in [5.74, 6) is -0.231. The fourth-order valence-electron chi connectivity index (χ4n) is 2.35. The van der Waals surface area contributed by atoms with Gasteiger partial charge >= 0.3 is 0 Å². The van der Waals surface area contributed by atoms with E-state index in [0.717, 1.165) is 5.56 Å². The highest BCUT2D eigenvalue weighted by Gasteiger charge is 2.11. The highest BCUT2D eigenvalue weighted by Crippen LogP contribution is 2.17. The lowest BCUT2D eigenvalue weighted by Gasteiger charge is -2.09. The molecule has 0 radical (unpaired) electrons. The van der Waals surface area contributed by atoms with Gasteiger partial charge in [0.15, 0.2) is 0 Å². The Balaban J connectivity index is 1.52. The molecule has 0 spiro atoms. The van der Waals surface area contributed by atoms with Crippen LogP contribution in [-0.4, -0.2) is 11.8 Å². The first-order valence-electron chi connectivity index (χ1n) is 8.35. The Kier molecular flexibility index (Phi) is 6.53. The number of rotatable bonds is 5. The van der Waals surface area contributed by atoms with E-state index in [4.69, 9.17) is 27.9 Å². The molecule has 0 fully saturated rings. The van der Waals surface area contributed by atoms with Gasteiger partial charge in [-0.15, -0.1) is 0 Å². The predicted octanol–water partition coefficient (Wildman–Crippen LogP) is 4.65. The number of hydrazine groups is 1. The van der Waals surface area contributed by atoms with Crippen LogP contribution in [0.5, 0.6) is 5.75 Å². The van der Waals surface area contributed by atoms with E-state index in [0.29, 0.717) is 28.0 Å². The molecule has 0 atom stereocenters. The van der Waals surface area contributed by atoms with Crippen molar-refractivity contribution < 1.29 is 14.3 Å². The molecule has 142 valence electrons. The normalized spacial score (nSPS) is 10.2. The molecule has 0 heterocycles. The van der Waals surface area contributed by atoms with Crippen molar-refractivity contribution in [3.05, 3.63) is 99.5 Å². The number of amides is 2. The van der Waals surface area contributed by atoms with E-state index >= 15 is 0 Å². The maximum absolute atomic E-state index is 12.2. The highest BCUT2D eigenvalue weighted by atomic mass is 35.5. The first-order valence-corrected chi connectivity index (χ1v) is 9.11. The summed E-state index contributed by atoms with van der Waals surface area (Å²) < 4.78 is 5.66. The number of benzene rings is 3. The maximum atomic E-state index is 12.2. The Morgan fingerprint density at radius 3 is 2.11 bits per heavy atom. The van der Waals surface area contributed by atoms with Gasteiger partial charge in [-0.1, -0.05) is 47.5 Å². The molecule has 0 bridgehead atoms. The van der Waals surface area contributed by atoms with Crippen molar-refractivity contribution in [3.8, 4) is 5.75 Å². The number of hydrogen-bond donors (Lipinski definition) is 2. The first kappa shape index (κ1) is 19.7. The summed E-state index contributed by atoms with van der Waals surface area (Å²) >= 11 is 11.8. The monoisotopic (exact) mass is 414 g/mol. The van der Waals surface area contributed by atoms with Gasteiger partial charge in [0.2, 0.25) is 0 Å². The molecular weight excluding hydrogens is 399 g/mol. The van der Waals surface area contributed by atoms with E-state index in [1.54, 1.807) is 72.8 Å². The van der Waals surface area contributed by atoms with Crippen molar-refractivity contribution in [2.24, 2.45) is 0 Å². The predicted molar refractivity (Wildman–Crippen MR) is 109 cm³/mol. The van der Waals surface area contributed by atoms with Crippen molar-refractivity contribution in [2.75, 3.05) is 0 Å². The maximum Gasteiger partial charge on any atom is 0.271 e. The van der Waals surface area contributed by atoms with Gasteiger partial charge in [0.1, 0.15) is 12.4 Å². The molecule has 3 rings (SSSR count). The zero-order valence-corrected chi connectivity index (χ0v) is 16.1. The molecule has 0 unspecified atom stereocenters. The third kappa shape index (κ3) is 5.25. The lowest BCUT2D eigenvalue weighted by atomic mass is 10.1. The Morgan fingerprint density at radius 1 is 0.786 bits per heavy atom. The Labute approximate surface area is 172 Å². The van der Waals surface area contributed by atoms with E-state index in [1.165, 1.54) is 0 Å². The summed E-state index contributed by atoms with van der Waals surface area (Å²) in [5, 5.41) is 0.948.